The second-order valence-electron chi connectivity index (χ2n) is 4.07. The first kappa shape index (κ1) is 13.3. The SMILES string of the molecule is CCOC(=O)C1CCCC(O)(C(F)(F)F)C1. The Morgan fingerprint density at radius 3 is 2.69 bits per heavy atom. The molecule has 0 aromatic carbocycles. The molecule has 0 aromatic heterocycles. The highest BCUT2D eigenvalue weighted by Crippen LogP contribution is 2.43. The van der Waals surface area contributed by atoms with Gasteiger partial charge in [-0.05, 0) is 32.6 Å². The minimum Gasteiger partial charge on any atom is -0.466 e. The third-order valence-corrected chi connectivity index (χ3v) is 2.87. The smallest absolute Gasteiger partial charge is 0.417 e. The lowest BCUT2D eigenvalue weighted by Gasteiger charge is -2.36. The van der Waals surface area contributed by atoms with Crippen LogP contribution < -0.4 is 0 Å². The minimum absolute atomic E-state index is 0.139. The zero-order valence-corrected chi connectivity index (χ0v) is 9.01. The van der Waals surface area contributed by atoms with E-state index >= 15 is 0 Å². The van der Waals surface area contributed by atoms with Gasteiger partial charge in [0.1, 0.15) is 0 Å². The number of carbonyl (C=O) groups is 1. The minimum atomic E-state index is -4.68. The van der Waals surface area contributed by atoms with E-state index in [9.17, 15) is 23.1 Å². The molecule has 0 spiro atoms. The highest BCUT2D eigenvalue weighted by Gasteiger charge is 2.56. The summed E-state index contributed by atoms with van der Waals surface area (Å²) in [7, 11) is 0. The molecule has 0 bridgehead atoms. The molecule has 1 aliphatic rings. The standard InChI is InChI=1S/C10H15F3O3/c1-2-16-8(14)7-4-3-5-9(15,6-7)10(11,12)13/h7,15H,2-6H2,1H3. The average molecular weight is 240 g/mol. The number of hydrogen-bond donors (Lipinski definition) is 1. The van der Waals surface area contributed by atoms with Crippen molar-refractivity contribution in [3.05, 3.63) is 0 Å². The first-order valence-electron chi connectivity index (χ1n) is 5.26. The van der Waals surface area contributed by atoms with Gasteiger partial charge < -0.3 is 9.84 Å². The van der Waals surface area contributed by atoms with Crippen molar-refractivity contribution in [3.8, 4) is 0 Å². The van der Waals surface area contributed by atoms with Crippen molar-refractivity contribution in [2.45, 2.75) is 44.4 Å². The lowest BCUT2D eigenvalue weighted by atomic mass is 9.77. The molecule has 1 rings (SSSR count). The molecule has 94 valence electrons. The Morgan fingerprint density at radius 1 is 1.56 bits per heavy atom. The van der Waals surface area contributed by atoms with Gasteiger partial charge in [-0.15, -0.1) is 0 Å². The maximum Gasteiger partial charge on any atom is 0.417 e. The first-order valence-corrected chi connectivity index (χ1v) is 5.26. The normalized spacial score (nSPS) is 31.2. The Bertz CT molecular complexity index is 265. The summed E-state index contributed by atoms with van der Waals surface area (Å²) in [6.07, 6.45) is -5.09. The van der Waals surface area contributed by atoms with E-state index in [1.807, 2.05) is 0 Å². The van der Waals surface area contributed by atoms with Gasteiger partial charge in [0.2, 0.25) is 0 Å². The number of halogens is 3. The molecule has 1 saturated carbocycles. The molecule has 0 radical (unpaired) electrons. The molecule has 0 aromatic rings. The maximum atomic E-state index is 12.5. The van der Waals surface area contributed by atoms with E-state index in [0.717, 1.165) is 0 Å². The number of aliphatic hydroxyl groups is 1. The quantitative estimate of drug-likeness (QED) is 0.751. The van der Waals surface area contributed by atoms with E-state index in [1.54, 1.807) is 6.92 Å². The van der Waals surface area contributed by atoms with Crippen LogP contribution in [0, 0.1) is 5.92 Å². The zero-order valence-electron chi connectivity index (χ0n) is 9.01. The van der Waals surface area contributed by atoms with E-state index in [1.165, 1.54) is 0 Å². The summed E-state index contributed by atoms with van der Waals surface area (Å²) in [5, 5.41) is 9.46. The Hall–Kier alpha value is -0.780. The monoisotopic (exact) mass is 240 g/mol. The van der Waals surface area contributed by atoms with Crippen molar-refractivity contribution in [3.63, 3.8) is 0 Å². The molecular formula is C10H15F3O3. The van der Waals surface area contributed by atoms with E-state index in [0.29, 0.717) is 6.42 Å². The Balaban J connectivity index is 2.70. The molecule has 2 unspecified atom stereocenters. The fourth-order valence-corrected chi connectivity index (χ4v) is 1.97. The number of carbonyl (C=O) groups excluding carboxylic acids is 1. The number of ether oxygens (including phenoxy) is 1. The van der Waals surface area contributed by atoms with Crippen molar-refractivity contribution in [1.29, 1.82) is 0 Å². The number of hydrogen-bond acceptors (Lipinski definition) is 3. The van der Waals surface area contributed by atoms with E-state index in [2.05, 4.69) is 4.74 Å². The molecule has 0 amide bonds. The van der Waals surface area contributed by atoms with Crippen molar-refractivity contribution < 1.29 is 27.8 Å². The van der Waals surface area contributed by atoms with E-state index in [4.69, 9.17) is 0 Å². The van der Waals surface area contributed by atoms with Gasteiger partial charge in [0.15, 0.2) is 5.60 Å². The molecule has 0 saturated heterocycles. The van der Waals surface area contributed by atoms with Gasteiger partial charge in [0, 0.05) is 0 Å². The van der Waals surface area contributed by atoms with Crippen molar-refractivity contribution >= 4 is 5.97 Å². The Morgan fingerprint density at radius 2 is 2.19 bits per heavy atom. The first-order chi connectivity index (χ1) is 7.30. The molecule has 0 aliphatic heterocycles. The van der Waals surface area contributed by atoms with Gasteiger partial charge in [-0.3, -0.25) is 4.79 Å². The number of alkyl halides is 3. The van der Waals surface area contributed by atoms with Crippen molar-refractivity contribution in [2.75, 3.05) is 6.61 Å². The summed E-state index contributed by atoms with van der Waals surface area (Å²) in [6.45, 7) is 1.73. The molecule has 3 nitrogen and oxygen atoms in total. The van der Waals surface area contributed by atoms with Crippen molar-refractivity contribution in [2.24, 2.45) is 5.92 Å². The van der Waals surface area contributed by atoms with E-state index < -0.39 is 30.1 Å². The molecule has 1 N–H and O–H groups in total. The van der Waals surface area contributed by atoms with Crippen LogP contribution in [0.5, 0.6) is 0 Å². The molecule has 1 fully saturated rings. The zero-order chi connectivity index (χ0) is 12.4. The third-order valence-electron chi connectivity index (χ3n) is 2.87. The molecule has 2 atom stereocenters. The molecule has 0 heterocycles. The summed E-state index contributed by atoms with van der Waals surface area (Å²) in [5.41, 5.74) is -2.73. The van der Waals surface area contributed by atoms with Gasteiger partial charge in [-0.1, -0.05) is 0 Å². The summed E-state index contributed by atoms with van der Waals surface area (Å²) in [4.78, 5) is 11.3. The lowest BCUT2D eigenvalue weighted by Crippen LogP contribution is -2.49. The van der Waals surface area contributed by atoms with E-state index in [-0.39, 0.29) is 19.4 Å². The second kappa shape index (κ2) is 4.61. The van der Waals surface area contributed by atoms with Gasteiger partial charge in [-0.2, -0.15) is 13.2 Å². The topological polar surface area (TPSA) is 46.5 Å². The van der Waals surface area contributed by atoms with Gasteiger partial charge in [0.25, 0.3) is 0 Å². The lowest BCUT2D eigenvalue weighted by molar-refractivity contribution is -0.274. The van der Waals surface area contributed by atoms with Crippen LogP contribution in [0.2, 0.25) is 0 Å². The average Bonchev–Trinajstić information content (AvgIpc) is 2.16. The summed E-state index contributed by atoms with van der Waals surface area (Å²) < 4.78 is 42.3. The van der Waals surface area contributed by atoms with Crippen LogP contribution in [0.3, 0.4) is 0 Å². The van der Waals surface area contributed by atoms with Crippen LogP contribution in [0.15, 0.2) is 0 Å². The highest BCUT2D eigenvalue weighted by atomic mass is 19.4. The highest BCUT2D eigenvalue weighted by molar-refractivity contribution is 5.72. The second-order valence-corrected chi connectivity index (χ2v) is 4.07. The summed E-state index contributed by atoms with van der Waals surface area (Å²) >= 11 is 0. The maximum absolute atomic E-state index is 12.5. The van der Waals surface area contributed by atoms with Crippen LogP contribution in [0.1, 0.15) is 32.6 Å². The third kappa shape index (κ3) is 2.66. The Kier molecular flexibility index (Phi) is 3.83. The van der Waals surface area contributed by atoms with Gasteiger partial charge in [-0.25, -0.2) is 0 Å². The van der Waals surface area contributed by atoms with Crippen LogP contribution in [0.25, 0.3) is 0 Å². The predicted octanol–water partition coefficient (Wildman–Crippen LogP) is 2.03. The summed E-state index contributed by atoms with van der Waals surface area (Å²) in [5.74, 6) is -1.50. The fraction of sp³-hybridized carbons (Fsp3) is 0.900. The largest absolute Gasteiger partial charge is 0.466 e. The molecular weight excluding hydrogens is 225 g/mol. The Labute approximate surface area is 91.6 Å². The molecule has 1 aliphatic carbocycles. The number of esters is 1. The fourth-order valence-electron chi connectivity index (χ4n) is 1.97. The van der Waals surface area contributed by atoms with Crippen molar-refractivity contribution in [1.82, 2.24) is 0 Å². The van der Waals surface area contributed by atoms with Gasteiger partial charge in [0.05, 0.1) is 12.5 Å². The number of rotatable bonds is 2. The summed E-state index contributed by atoms with van der Waals surface area (Å²) in [6, 6.07) is 0. The van der Waals surface area contributed by atoms with Crippen LogP contribution in [-0.4, -0.2) is 29.5 Å². The molecule has 16 heavy (non-hydrogen) atoms. The molecule has 6 heteroatoms. The van der Waals surface area contributed by atoms with Crippen LogP contribution in [-0.2, 0) is 9.53 Å². The van der Waals surface area contributed by atoms with Gasteiger partial charge >= 0.3 is 12.1 Å². The predicted molar refractivity (Wildman–Crippen MR) is 49.6 cm³/mol. The van der Waals surface area contributed by atoms with Crippen LogP contribution in [0.4, 0.5) is 13.2 Å². The van der Waals surface area contributed by atoms with Crippen LogP contribution >= 0.6 is 0 Å².